The maximum Gasteiger partial charge on any atom is 0.337 e. The normalized spacial score (nSPS) is 17.2. The summed E-state index contributed by atoms with van der Waals surface area (Å²) in [5.41, 5.74) is 8.92. The molecule has 0 saturated carbocycles. The molecule has 37 heavy (non-hydrogen) atoms. The molecule has 0 spiro atoms. The predicted octanol–water partition coefficient (Wildman–Crippen LogP) is 4.53. The fourth-order valence-corrected chi connectivity index (χ4v) is 5.38. The summed E-state index contributed by atoms with van der Waals surface area (Å²) in [6.07, 6.45) is 2.37. The van der Waals surface area contributed by atoms with Crippen LogP contribution in [-0.2, 0) is 9.59 Å². The van der Waals surface area contributed by atoms with Crippen molar-refractivity contribution in [2.45, 2.75) is 25.9 Å². The SMILES string of the molecule is Cc1cc(C(=O)O)c(C=C2C(=O)Nc3cccc(-c4ccc(F)c(Cl)c4)c32)n1C(C(N)=O)N1CCCC1. The lowest BCUT2D eigenvalue weighted by Crippen LogP contribution is -2.40. The van der Waals surface area contributed by atoms with Gasteiger partial charge in [-0.1, -0.05) is 29.8 Å². The number of likely N-dealkylation sites (tertiary alicyclic amines) is 1. The van der Waals surface area contributed by atoms with Crippen LogP contribution in [0.5, 0.6) is 0 Å². The highest BCUT2D eigenvalue weighted by Gasteiger charge is 2.34. The van der Waals surface area contributed by atoms with E-state index in [1.54, 1.807) is 35.8 Å². The van der Waals surface area contributed by atoms with Gasteiger partial charge < -0.3 is 20.7 Å². The van der Waals surface area contributed by atoms with Crippen LogP contribution >= 0.6 is 11.6 Å². The van der Waals surface area contributed by atoms with Gasteiger partial charge in [-0.15, -0.1) is 0 Å². The number of fused-ring (bicyclic) bond motifs is 1. The second kappa shape index (κ2) is 9.49. The Morgan fingerprint density at radius 3 is 2.57 bits per heavy atom. The fraction of sp³-hybridized carbons (Fsp3) is 0.222. The summed E-state index contributed by atoms with van der Waals surface area (Å²) < 4.78 is 15.4. The van der Waals surface area contributed by atoms with E-state index in [2.05, 4.69) is 5.32 Å². The molecule has 0 bridgehead atoms. The number of nitrogens with one attached hydrogen (secondary N) is 1. The Morgan fingerprint density at radius 1 is 1.19 bits per heavy atom. The highest BCUT2D eigenvalue weighted by Crippen LogP contribution is 2.42. The third-order valence-electron chi connectivity index (χ3n) is 6.82. The van der Waals surface area contributed by atoms with Crippen LogP contribution in [0, 0.1) is 12.7 Å². The summed E-state index contributed by atoms with van der Waals surface area (Å²) in [5.74, 6) is -2.82. The predicted molar refractivity (Wildman–Crippen MR) is 139 cm³/mol. The van der Waals surface area contributed by atoms with Crippen molar-refractivity contribution >= 4 is 46.7 Å². The number of rotatable bonds is 6. The second-order valence-corrected chi connectivity index (χ2v) is 9.56. The third kappa shape index (κ3) is 4.30. The molecule has 3 aromatic rings. The number of nitrogens with two attached hydrogens (primary N) is 1. The van der Waals surface area contributed by atoms with Gasteiger partial charge in [0.2, 0.25) is 0 Å². The third-order valence-corrected chi connectivity index (χ3v) is 7.11. The van der Waals surface area contributed by atoms with Crippen molar-refractivity contribution in [3.8, 4) is 11.1 Å². The van der Waals surface area contributed by atoms with E-state index >= 15 is 0 Å². The number of hydrogen-bond acceptors (Lipinski definition) is 4. The highest BCUT2D eigenvalue weighted by molar-refractivity contribution is 6.36. The molecule has 190 valence electrons. The minimum atomic E-state index is -1.20. The standard InChI is InChI=1S/C27H24ClFN4O4/c1-14-11-17(27(36)37)22(33(14)26(24(30)34)32-9-2-3-10-32)13-18-23-16(5-4-6-21(23)31-25(18)35)15-7-8-20(29)19(28)12-15/h4-8,11-13,26H,2-3,9-10H2,1H3,(H2,30,34)(H,31,35)(H,36,37). The maximum atomic E-state index is 13.8. The average Bonchev–Trinajstić information content (AvgIpc) is 3.56. The van der Waals surface area contributed by atoms with Gasteiger partial charge in [0, 0.05) is 30.0 Å². The fourth-order valence-electron chi connectivity index (χ4n) is 5.20. The number of carboxylic acid groups (broad SMARTS) is 1. The quantitative estimate of drug-likeness (QED) is 0.411. The summed E-state index contributed by atoms with van der Waals surface area (Å²) in [6.45, 7) is 2.99. The van der Waals surface area contributed by atoms with Gasteiger partial charge in [0.25, 0.3) is 11.8 Å². The zero-order chi connectivity index (χ0) is 26.4. The van der Waals surface area contributed by atoms with Gasteiger partial charge in [-0.3, -0.25) is 14.5 Å². The Bertz CT molecular complexity index is 1490. The second-order valence-electron chi connectivity index (χ2n) is 9.15. The molecule has 2 amide bonds. The molecular formula is C27H24ClFN4O4. The molecule has 10 heteroatoms. The molecule has 1 unspecified atom stereocenters. The summed E-state index contributed by atoms with van der Waals surface area (Å²) >= 11 is 6.03. The lowest BCUT2D eigenvalue weighted by atomic mass is 9.94. The first-order valence-corrected chi connectivity index (χ1v) is 12.2. The van der Waals surface area contributed by atoms with Crippen LogP contribution in [0.25, 0.3) is 22.8 Å². The van der Waals surface area contributed by atoms with Crippen LogP contribution in [0.1, 0.15) is 46.3 Å². The minimum Gasteiger partial charge on any atom is -0.478 e. The van der Waals surface area contributed by atoms with E-state index < -0.39 is 29.8 Å². The number of primary amides is 1. The van der Waals surface area contributed by atoms with Crippen LogP contribution in [0.4, 0.5) is 10.1 Å². The first-order valence-electron chi connectivity index (χ1n) is 11.8. The smallest absolute Gasteiger partial charge is 0.337 e. The minimum absolute atomic E-state index is 0.0565. The molecule has 5 rings (SSSR count). The Balaban J connectivity index is 1.74. The molecule has 0 radical (unpaired) electrons. The van der Waals surface area contributed by atoms with Crippen LogP contribution in [0.3, 0.4) is 0 Å². The number of halogens is 2. The maximum absolute atomic E-state index is 13.8. The van der Waals surface area contributed by atoms with E-state index in [1.807, 2.05) is 4.90 Å². The number of carbonyl (C=O) groups is 3. The molecule has 3 heterocycles. The average molecular weight is 523 g/mol. The van der Waals surface area contributed by atoms with Gasteiger partial charge in [-0.2, -0.15) is 0 Å². The Hall–Kier alpha value is -3.95. The zero-order valence-corrected chi connectivity index (χ0v) is 20.7. The van der Waals surface area contributed by atoms with E-state index in [9.17, 15) is 23.9 Å². The molecule has 1 atom stereocenters. The number of benzene rings is 2. The Morgan fingerprint density at radius 2 is 1.92 bits per heavy atom. The highest BCUT2D eigenvalue weighted by atomic mass is 35.5. The number of aromatic nitrogens is 1. The van der Waals surface area contributed by atoms with Crippen LogP contribution in [0.2, 0.25) is 5.02 Å². The van der Waals surface area contributed by atoms with Crippen molar-refractivity contribution in [1.29, 1.82) is 0 Å². The Labute approximate surface area is 217 Å². The first-order chi connectivity index (χ1) is 17.7. The van der Waals surface area contributed by atoms with Gasteiger partial charge in [-0.05, 0) is 61.2 Å². The number of aromatic carboxylic acids is 1. The van der Waals surface area contributed by atoms with Crippen LogP contribution in [-0.4, -0.2) is 45.4 Å². The number of aryl methyl sites for hydroxylation is 1. The van der Waals surface area contributed by atoms with E-state index in [-0.39, 0.29) is 21.9 Å². The van der Waals surface area contributed by atoms with Crippen molar-refractivity contribution in [3.63, 3.8) is 0 Å². The molecule has 4 N–H and O–H groups in total. The van der Waals surface area contributed by atoms with Crippen molar-refractivity contribution in [1.82, 2.24) is 9.47 Å². The van der Waals surface area contributed by atoms with Crippen molar-refractivity contribution in [2.75, 3.05) is 18.4 Å². The van der Waals surface area contributed by atoms with Crippen molar-refractivity contribution in [2.24, 2.45) is 5.73 Å². The summed E-state index contributed by atoms with van der Waals surface area (Å²) in [5, 5.41) is 12.7. The van der Waals surface area contributed by atoms with E-state index in [0.717, 1.165) is 12.8 Å². The lowest BCUT2D eigenvalue weighted by molar-refractivity contribution is -0.126. The van der Waals surface area contributed by atoms with Crippen LogP contribution < -0.4 is 11.1 Å². The number of anilines is 1. The van der Waals surface area contributed by atoms with Crippen molar-refractivity contribution < 1.29 is 23.9 Å². The Kier molecular flexibility index (Phi) is 6.35. The summed E-state index contributed by atoms with van der Waals surface area (Å²) in [4.78, 5) is 40.0. The van der Waals surface area contributed by atoms with Gasteiger partial charge in [0.05, 0.1) is 21.9 Å². The topological polar surface area (TPSA) is 118 Å². The van der Waals surface area contributed by atoms with E-state index in [0.29, 0.717) is 41.2 Å². The van der Waals surface area contributed by atoms with Crippen LogP contribution in [0.15, 0.2) is 42.5 Å². The van der Waals surface area contributed by atoms with Gasteiger partial charge in [0.15, 0.2) is 6.17 Å². The number of amides is 2. The number of hydrogen-bond donors (Lipinski definition) is 3. The monoisotopic (exact) mass is 522 g/mol. The summed E-state index contributed by atoms with van der Waals surface area (Å²) in [6, 6.07) is 11.0. The van der Waals surface area contributed by atoms with Gasteiger partial charge in [0.1, 0.15) is 5.82 Å². The van der Waals surface area contributed by atoms with E-state index in [1.165, 1.54) is 24.3 Å². The molecule has 1 fully saturated rings. The number of nitrogens with zero attached hydrogens (tertiary/aromatic N) is 2. The first kappa shape index (κ1) is 24.7. The van der Waals surface area contributed by atoms with E-state index in [4.69, 9.17) is 17.3 Å². The largest absolute Gasteiger partial charge is 0.478 e. The lowest BCUT2D eigenvalue weighted by Gasteiger charge is -2.28. The molecule has 2 aromatic carbocycles. The number of carboxylic acids is 1. The molecular weight excluding hydrogens is 499 g/mol. The number of carbonyl (C=O) groups excluding carboxylic acids is 2. The molecule has 1 aromatic heterocycles. The molecule has 1 saturated heterocycles. The molecule has 2 aliphatic heterocycles. The van der Waals surface area contributed by atoms with Gasteiger partial charge >= 0.3 is 5.97 Å². The molecule has 2 aliphatic rings. The summed E-state index contributed by atoms with van der Waals surface area (Å²) in [7, 11) is 0. The zero-order valence-electron chi connectivity index (χ0n) is 19.9. The molecule has 0 aliphatic carbocycles. The molecule has 8 nitrogen and oxygen atoms in total. The van der Waals surface area contributed by atoms with Crippen molar-refractivity contribution in [3.05, 3.63) is 75.8 Å². The van der Waals surface area contributed by atoms with Gasteiger partial charge in [-0.25, -0.2) is 9.18 Å².